The first-order valence-corrected chi connectivity index (χ1v) is 10.00. The van der Waals surface area contributed by atoms with Crippen LogP contribution in [0.1, 0.15) is 28.0 Å². The zero-order valence-electron chi connectivity index (χ0n) is 15.5. The Kier molecular flexibility index (Phi) is 5.32. The van der Waals surface area contributed by atoms with Crippen molar-refractivity contribution >= 4 is 29.2 Å². The lowest BCUT2D eigenvalue weighted by Crippen LogP contribution is -2.29. The van der Waals surface area contributed by atoms with Crippen molar-refractivity contribution in [2.45, 2.75) is 25.4 Å². The maximum atomic E-state index is 13.4. The third kappa shape index (κ3) is 3.82. The summed E-state index contributed by atoms with van der Waals surface area (Å²) in [6.45, 7) is 0. The lowest BCUT2D eigenvalue weighted by atomic mass is 9.87. The highest BCUT2D eigenvalue weighted by molar-refractivity contribution is 6.42. The van der Waals surface area contributed by atoms with Gasteiger partial charge in [0.15, 0.2) is 0 Å². The fraction of sp³-hybridized carbons (Fsp3) is 0.227. The van der Waals surface area contributed by atoms with E-state index in [1.165, 1.54) is 12.1 Å². The van der Waals surface area contributed by atoms with E-state index in [1.54, 1.807) is 34.9 Å². The number of carbonyl (C=O) groups is 1. The average molecular weight is 454 g/mol. The lowest BCUT2D eigenvalue weighted by molar-refractivity contribution is -0.177. The van der Waals surface area contributed by atoms with Gasteiger partial charge in [0.2, 0.25) is 0 Å². The zero-order chi connectivity index (χ0) is 21.6. The molecule has 0 saturated heterocycles. The van der Waals surface area contributed by atoms with Crippen molar-refractivity contribution in [3.63, 3.8) is 0 Å². The number of aromatic carboxylic acids is 1. The molecule has 1 heterocycles. The Hall–Kier alpha value is -2.44. The summed E-state index contributed by atoms with van der Waals surface area (Å²) in [7, 11) is 0. The smallest absolute Gasteiger partial charge is 0.392 e. The van der Waals surface area contributed by atoms with E-state index in [1.807, 2.05) is 6.07 Å². The predicted molar refractivity (Wildman–Crippen MR) is 110 cm³/mol. The Morgan fingerprint density at radius 3 is 2.50 bits per heavy atom. The van der Waals surface area contributed by atoms with Gasteiger partial charge in [-0.15, -0.1) is 0 Å². The first-order chi connectivity index (χ1) is 14.1. The van der Waals surface area contributed by atoms with Crippen LogP contribution in [0.25, 0.3) is 16.9 Å². The summed E-state index contributed by atoms with van der Waals surface area (Å²) in [5, 5.41) is 10.1. The second kappa shape index (κ2) is 7.67. The van der Waals surface area contributed by atoms with Crippen LogP contribution in [-0.4, -0.2) is 21.8 Å². The van der Waals surface area contributed by atoms with Crippen LogP contribution in [0, 0.1) is 5.92 Å². The monoisotopic (exact) mass is 453 g/mol. The Morgan fingerprint density at radius 2 is 1.83 bits per heavy atom. The van der Waals surface area contributed by atoms with Gasteiger partial charge in [0, 0.05) is 16.9 Å². The van der Waals surface area contributed by atoms with E-state index in [0.717, 1.165) is 5.56 Å². The summed E-state index contributed by atoms with van der Waals surface area (Å²) < 4.78 is 42.0. The zero-order valence-corrected chi connectivity index (χ0v) is 17.0. The number of hydrogen-bond acceptors (Lipinski definition) is 1. The molecule has 1 aliphatic rings. The van der Waals surface area contributed by atoms with Gasteiger partial charge in [-0.05, 0) is 61.2 Å². The van der Waals surface area contributed by atoms with Gasteiger partial charge in [-0.25, -0.2) is 4.79 Å². The van der Waals surface area contributed by atoms with E-state index < -0.39 is 18.1 Å². The van der Waals surface area contributed by atoms with Crippen LogP contribution < -0.4 is 0 Å². The molecular weight excluding hydrogens is 438 g/mol. The first kappa shape index (κ1) is 20.8. The summed E-state index contributed by atoms with van der Waals surface area (Å²) in [5.74, 6) is -2.55. The molecule has 3 aromatic rings. The third-order valence-corrected chi connectivity index (χ3v) is 6.16. The molecule has 2 aromatic carbocycles. The number of carboxylic acid groups (broad SMARTS) is 1. The summed E-state index contributed by atoms with van der Waals surface area (Å²) >= 11 is 12.2. The molecule has 0 aliphatic heterocycles. The minimum atomic E-state index is -4.29. The first-order valence-electron chi connectivity index (χ1n) is 9.24. The summed E-state index contributed by atoms with van der Waals surface area (Å²) in [4.78, 5) is 11.4. The number of carboxylic acids is 1. The molecule has 4 rings (SSSR count). The molecule has 0 spiro atoms. The Bertz CT molecular complexity index is 1140. The van der Waals surface area contributed by atoms with Crippen molar-refractivity contribution < 1.29 is 23.1 Å². The molecular formula is C22H16Cl2F3NO2. The van der Waals surface area contributed by atoms with Crippen molar-refractivity contribution in [3.05, 3.63) is 75.4 Å². The van der Waals surface area contributed by atoms with Crippen LogP contribution >= 0.6 is 23.2 Å². The topological polar surface area (TPSA) is 42.2 Å². The molecule has 8 heteroatoms. The number of hydrogen-bond donors (Lipinski definition) is 1. The Morgan fingerprint density at radius 1 is 1.07 bits per heavy atom. The number of halogens is 5. The molecule has 3 nitrogen and oxygen atoms in total. The highest BCUT2D eigenvalue weighted by Crippen LogP contribution is 2.41. The number of alkyl halides is 3. The molecule has 0 saturated carbocycles. The highest BCUT2D eigenvalue weighted by Gasteiger charge is 2.42. The molecule has 0 radical (unpaired) electrons. The molecule has 0 bridgehead atoms. The maximum absolute atomic E-state index is 13.4. The van der Waals surface area contributed by atoms with Gasteiger partial charge in [0.25, 0.3) is 0 Å². The van der Waals surface area contributed by atoms with Gasteiger partial charge in [0.1, 0.15) is 0 Å². The van der Waals surface area contributed by atoms with E-state index in [9.17, 15) is 23.1 Å². The summed E-state index contributed by atoms with van der Waals surface area (Å²) in [6.07, 6.45) is -4.15. The molecule has 1 aliphatic carbocycles. The van der Waals surface area contributed by atoms with E-state index in [4.69, 9.17) is 23.2 Å². The van der Waals surface area contributed by atoms with Crippen LogP contribution in [-0.2, 0) is 12.8 Å². The van der Waals surface area contributed by atoms with Crippen molar-refractivity contribution in [3.8, 4) is 16.9 Å². The van der Waals surface area contributed by atoms with Gasteiger partial charge in [-0.2, -0.15) is 13.2 Å². The number of aromatic nitrogens is 1. The largest absolute Gasteiger partial charge is 0.478 e. The van der Waals surface area contributed by atoms with Crippen LogP contribution in [0.2, 0.25) is 10.0 Å². The fourth-order valence-electron chi connectivity index (χ4n) is 3.93. The van der Waals surface area contributed by atoms with Crippen LogP contribution in [0.4, 0.5) is 13.2 Å². The van der Waals surface area contributed by atoms with Crippen LogP contribution in [0.3, 0.4) is 0 Å². The van der Waals surface area contributed by atoms with Crippen molar-refractivity contribution in [2.24, 2.45) is 5.92 Å². The summed E-state index contributed by atoms with van der Waals surface area (Å²) in [6, 6.07) is 13.0. The highest BCUT2D eigenvalue weighted by atomic mass is 35.5. The summed E-state index contributed by atoms with van der Waals surface area (Å²) in [5.41, 5.74) is 3.22. The molecule has 1 unspecified atom stereocenters. The predicted octanol–water partition coefficient (Wildman–Crippen LogP) is 6.82. The molecule has 0 fully saturated rings. The minimum Gasteiger partial charge on any atom is -0.478 e. The van der Waals surface area contributed by atoms with Crippen LogP contribution in [0.15, 0.2) is 48.5 Å². The van der Waals surface area contributed by atoms with Crippen LogP contribution in [0.5, 0.6) is 0 Å². The van der Waals surface area contributed by atoms with E-state index in [2.05, 4.69) is 0 Å². The number of nitrogens with zero attached hydrogens (tertiary/aromatic N) is 1. The molecule has 1 N–H and O–H groups in total. The number of rotatable bonds is 3. The second-order valence-electron chi connectivity index (χ2n) is 7.30. The number of benzene rings is 2. The maximum Gasteiger partial charge on any atom is 0.392 e. The van der Waals surface area contributed by atoms with Crippen molar-refractivity contribution in [2.75, 3.05) is 0 Å². The number of fused-ring (bicyclic) bond motifs is 1. The molecule has 1 atom stereocenters. The van der Waals surface area contributed by atoms with E-state index >= 15 is 0 Å². The molecule has 156 valence electrons. The second-order valence-corrected chi connectivity index (χ2v) is 8.12. The standard InChI is InChI=1S/C22H16Cl2F3NO2/c23-17-7-5-12(9-18(17)24)19-10-13-4-6-15(22(25,26)27)11-20(13)28(19)16-3-1-2-14(8-16)21(29)30/h1-3,5,7-10,15H,4,6,11H2,(H,29,30). The Balaban J connectivity index is 1.93. The number of aryl methyl sites for hydroxylation is 1. The van der Waals surface area contributed by atoms with E-state index in [0.29, 0.717) is 39.1 Å². The van der Waals surface area contributed by atoms with Gasteiger partial charge < -0.3 is 9.67 Å². The molecule has 1 aromatic heterocycles. The molecule has 30 heavy (non-hydrogen) atoms. The van der Waals surface area contributed by atoms with Gasteiger partial charge in [-0.3, -0.25) is 0 Å². The van der Waals surface area contributed by atoms with E-state index in [-0.39, 0.29) is 18.4 Å². The quantitative estimate of drug-likeness (QED) is 0.472. The van der Waals surface area contributed by atoms with Gasteiger partial charge in [-0.1, -0.05) is 35.3 Å². The van der Waals surface area contributed by atoms with Crippen molar-refractivity contribution in [1.29, 1.82) is 0 Å². The van der Waals surface area contributed by atoms with Crippen molar-refractivity contribution in [1.82, 2.24) is 4.57 Å². The average Bonchev–Trinajstić information content (AvgIpc) is 3.08. The SMILES string of the molecule is O=C(O)c1cccc(-n2c(-c3ccc(Cl)c(Cl)c3)cc3c2CC(C(F)(F)F)CC3)c1. The third-order valence-electron chi connectivity index (χ3n) is 5.42. The minimum absolute atomic E-state index is 0.0243. The Labute approximate surface area is 180 Å². The van der Waals surface area contributed by atoms with Gasteiger partial charge >= 0.3 is 12.1 Å². The normalized spacial score (nSPS) is 16.4. The fourth-order valence-corrected chi connectivity index (χ4v) is 4.22. The molecule has 0 amide bonds. The lowest BCUT2D eigenvalue weighted by Gasteiger charge is -2.26. The van der Waals surface area contributed by atoms with Gasteiger partial charge in [0.05, 0.1) is 27.2 Å².